The summed E-state index contributed by atoms with van der Waals surface area (Å²) < 4.78 is 1.74. The van der Waals surface area contributed by atoms with Gasteiger partial charge in [-0.15, -0.1) is 17.0 Å². The van der Waals surface area contributed by atoms with Gasteiger partial charge in [-0.1, -0.05) is 30.3 Å². The van der Waals surface area contributed by atoms with Crippen LogP contribution in [0.1, 0.15) is 21.7 Å². The van der Waals surface area contributed by atoms with Gasteiger partial charge < -0.3 is 0 Å². The third-order valence-corrected chi connectivity index (χ3v) is 2.49. The Balaban J connectivity index is 0.00000144. The van der Waals surface area contributed by atoms with E-state index in [1.54, 1.807) is 4.68 Å². The lowest BCUT2D eigenvalue weighted by atomic mass is 10.1. The minimum absolute atomic E-state index is 0. The summed E-state index contributed by atoms with van der Waals surface area (Å²) in [5, 5.41) is 4.27. The molecular formula is C13H15BrN2O. The van der Waals surface area contributed by atoms with E-state index in [0.29, 0.717) is 6.54 Å². The Labute approximate surface area is 111 Å². The van der Waals surface area contributed by atoms with Crippen LogP contribution in [0.2, 0.25) is 0 Å². The molecule has 0 saturated carbocycles. The van der Waals surface area contributed by atoms with Gasteiger partial charge >= 0.3 is 0 Å². The quantitative estimate of drug-likeness (QED) is 0.816. The predicted molar refractivity (Wildman–Crippen MR) is 72.8 cm³/mol. The van der Waals surface area contributed by atoms with Crippen molar-refractivity contribution in [2.75, 3.05) is 0 Å². The van der Waals surface area contributed by atoms with Crippen LogP contribution in [-0.2, 0) is 6.54 Å². The fraction of sp³-hybridized carbons (Fsp3) is 0.231. The highest BCUT2D eigenvalue weighted by atomic mass is 79.9. The highest BCUT2D eigenvalue weighted by molar-refractivity contribution is 8.93. The molecule has 0 aliphatic carbocycles. The summed E-state index contributed by atoms with van der Waals surface area (Å²) in [7, 11) is 0. The molecule has 0 aliphatic rings. The maximum atomic E-state index is 11.9. The Hall–Kier alpha value is -1.42. The van der Waals surface area contributed by atoms with Crippen molar-refractivity contribution in [3.8, 4) is 0 Å². The molecule has 17 heavy (non-hydrogen) atoms. The number of Topliss-reactive ketones (excluding diaryl/α,β-unsaturated/α-hetero) is 1. The lowest BCUT2D eigenvalue weighted by Gasteiger charge is -2.03. The van der Waals surface area contributed by atoms with E-state index in [1.807, 2.05) is 50.2 Å². The van der Waals surface area contributed by atoms with E-state index in [1.165, 1.54) is 0 Å². The van der Waals surface area contributed by atoms with Crippen LogP contribution in [0.4, 0.5) is 0 Å². The van der Waals surface area contributed by atoms with E-state index in [4.69, 9.17) is 0 Å². The SMILES string of the molecule is Br.Cc1cc(C)n(CC(=O)c2ccccc2)n1. The van der Waals surface area contributed by atoms with Crippen LogP contribution in [0.15, 0.2) is 36.4 Å². The van der Waals surface area contributed by atoms with Crippen molar-refractivity contribution in [1.82, 2.24) is 9.78 Å². The van der Waals surface area contributed by atoms with Crippen molar-refractivity contribution in [2.24, 2.45) is 0 Å². The molecule has 1 aromatic heterocycles. The van der Waals surface area contributed by atoms with E-state index in [9.17, 15) is 4.79 Å². The van der Waals surface area contributed by atoms with E-state index in [-0.39, 0.29) is 22.8 Å². The number of carbonyl (C=O) groups is 1. The molecule has 0 spiro atoms. The van der Waals surface area contributed by atoms with Gasteiger partial charge in [0, 0.05) is 11.3 Å². The first-order chi connectivity index (χ1) is 7.66. The number of halogens is 1. The van der Waals surface area contributed by atoms with Gasteiger partial charge in [0.2, 0.25) is 0 Å². The first kappa shape index (κ1) is 13.6. The number of carbonyl (C=O) groups excluding carboxylic acids is 1. The summed E-state index contributed by atoms with van der Waals surface area (Å²) in [5.41, 5.74) is 2.69. The molecule has 0 atom stereocenters. The van der Waals surface area contributed by atoms with Gasteiger partial charge in [-0.3, -0.25) is 9.48 Å². The molecule has 2 rings (SSSR count). The third kappa shape index (κ3) is 3.27. The highest BCUT2D eigenvalue weighted by Crippen LogP contribution is 2.05. The van der Waals surface area contributed by atoms with E-state index in [0.717, 1.165) is 17.0 Å². The summed E-state index contributed by atoms with van der Waals surface area (Å²) in [5.74, 6) is 0.0896. The molecule has 0 fully saturated rings. The van der Waals surface area contributed by atoms with Crippen LogP contribution in [0.25, 0.3) is 0 Å². The second kappa shape index (κ2) is 5.77. The fourth-order valence-corrected chi connectivity index (χ4v) is 1.69. The number of hydrogen-bond donors (Lipinski definition) is 0. The number of hydrogen-bond acceptors (Lipinski definition) is 2. The number of aryl methyl sites for hydroxylation is 2. The molecule has 2 aromatic rings. The van der Waals surface area contributed by atoms with Crippen LogP contribution in [-0.4, -0.2) is 15.6 Å². The molecule has 0 unspecified atom stereocenters. The van der Waals surface area contributed by atoms with Gasteiger partial charge in [0.1, 0.15) is 6.54 Å². The molecule has 0 bridgehead atoms. The minimum atomic E-state index is 0. The van der Waals surface area contributed by atoms with Crippen molar-refractivity contribution in [2.45, 2.75) is 20.4 Å². The lowest BCUT2D eigenvalue weighted by Crippen LogP contribution is -2.12. The van der Waals surface area contributed by atoms with Gasteiger partial charge in [-0.25, -0.2) is 0 Å². The molecule has 1 aromatic carbocycles. The summed E-state index contributed by atoms with van der Waals surface area (Å²) in [6.07, 6.45) is 0. The van der Waals surface area contributed by atoms with Gasteiger partial charge in [0.25, 0.3) is 0 Å². The van der Waals surface area contributed by atoms with Crippen molar-refractivity contribution in [3.63, 3.8) is 0 Å². The summed E-state index contributed by atoms with van der Waals surface area (Å²) >= 11 is 0. The van der Waals surface area contributed by atoms with Gasteiger partial charge in [0.05, 0.1) is 5.69 Å². The number of ketones is 1. The Morgan fingerprint density at radius 1 is 1.24 bits per heavy atom. The van der Waals surface area contributed by atoms with Crippen LogP contribution in [0.3, 0.4) is 0 Å². The van der Waals surface area contributed by atoms with Crippen LogP contribution >= 0.6 is 17.0 Å². The summed E-state index contributed by atoms with van der Waals surface area (Å²) in [6.45, 7) is 4.19. The number of aromatic nitrogens is 2. The molecule has 3 nitrogen and oxygen atoms in total. The second-order valence-corrected chi connectivity index (χ2v) is 3.87. The second-order valence-electron chi connectivity index (χ2n) is 3.87. The largest absolute Gasteiger partial charge is 0.292 e. The Bertz CT molecular complexity index is 505. The average molecular weight is 295 g/mol. The molecule has 0 saturated heterocycles. The molecule has 0 amide bonds. The Morgan fingerprint density at radius 2 is 1.88 bits per heavy atom. The number of nitrogens with zero attached hydrogens (tertiary/aromatic N) is 2. The molecule has 4 heteroatoms. The van der Waals surface area contributed by atoms with Crippen molar-refractivity contribution in [3.05, 3.63) is 53.3 Å². The number of benzene rings is 1. The molecule has 90 valence electrons. The minimum Gasteiger partial charge on any atom is -0.292 e. The monoisotopic (exact) mass is 294 g/mol. The molecule has 1 heterocycles. The van der Waals surface area contributed by atoms with Crippen molar-refractivity contribution >= 4 is 22.8 Å². The zero-order valence-corrected chi connectivity index (χ0v) is 11.6. The normalized spacial score (nSPS) is 9.76. The van der Waals surface area contributed by atoms with Gasteiger partial charge in [0.15, 0.2) is 5.78 Å². The Kier molecular flexibility index (Phi) is 4.63. The number of rotatable bonds is 3. The first-order valence-electron chi connectivity index (χ1n) is 5.26. The predicted octanol–water partition coefficient (Wildman–Crippen LogP) is 2.96. The van der Waals surface area contributed by atoms with Gasteiger partial charge in [-0.2, -0.15) is 5.10 Å². The van der Waals surface area contributed by atoms with E-state index >= 15 is 0 Å². The van der Waals surface area contributed by atoms with E-state index in [2.05, 4.69) is 5.10 Å². The smallest absolute Gasteiger partial charge is 0.184 e. The van der Waals surface area contributed by atoms with Crippen LogP contribution in [0, 0.1) is 13.8 Å². The van der Waals surface area contributed by atoms with E-state index < -0.39 is 0 Å². The fourth-order valence-electron chi connectivity index (χ4n) is 1.69. The molecular weight excluding hydrogens is 280 g/mol. The maximum Gasteiger partial charge on any atom is 0.184 e. The zero-order chi connectivity index (χ0) is 11.5. The summed E-state index contributed by atoms with van der Waals surface area (Å²) in [4.78, 5) is 11.9. The molecule has 0 radical (unpaired) electrons. The highest BCUT2D eigenvalue weighted by Gasteiger charge is 2.08. The average Bonchev–Trinajstić information content (AvgIpc) is 2.59. The summed E-state index contributed by atoms with van der Waals surface area (Å²) in [6, 6.07) is 11.3. The molecule has 0 N–H and O–H groups in total. The van der Waals surface area contributed by atoms with Crippen molar-refractivity contribution < 1.29 is 4.79 Å². The zero-order valence-electron chi connectivity index (χ0n) is 9.88. The van der Waals surface area contributed by atoms with Crippen molar-refractivity contribution in [1.29, 1.82) is 0 Å². The topological polar surface area (TPSA) is 34.9 Å². The maximum absolute atomic E-state index is 11.9. The molecule has 0 aliphatic heterocycles. The third-order valence-electron chi connectivity index (χ3n) is 2.49. The van der Waals surface area contributed by atoms with Gasteiger partial charge in [-0.05, 0) is 19.9 Å². The lowest BCUT2D eigenvalue weighted by molar-refractivity contribution is 0.0966. The standard InChI is InChI=1S/C13H14N2O.BrH/c1-10-8-11(2)15(14-10)9-13(16)12-6-4-3-5-7-12;/h3-8H,9H2,1-2H3;1H. The van der Waals surface area contributed by atoms with Crippen LogP contribution in [0.5, 0.6) is 0 Å². The Morgan fingerprint density at radius 3 is 2.41 bits per heavy atom. The van der Waals surface area contributed by atoms with Crippen LogP contribution < -0.4 is 0 Å². The first-order valence-corrected chi connectivity index (χ1v) is 5.26.